The molecular formula is C30H46O2. The van der Waals surface area contributed by atoms with E-state index in [0.29, 0.717) is 40.8 Å². The van der Waals surface area contributed by atoms with E-state index in [1.807, 2.05) is 0 Å². The van der Waals surface area contributed by atoms with Gasteiger partial charge in [-0.1, -0.05) is 46.8 Å². The minimum Gasteiger partial charge on any atom is -0.303 e. The molecule has 0 radical (unpaired) electrons. The van der Waals surface area contributed by atoms with Crippen LogP contribution < -0.4 is 0 Å². The second kappa shape index (κ2) is 6.82. The van der Waals surface area contributed by atoms with Crippen LogP contribution in [0, 0.1) is 56.7 Å². The zero-order valence-electron chi connectivity index (χ0n) is 21.6. The van der Waals surface area contributed by atoms with Crippen molar-refractivity contribution in [2.75, 3.05) is 0 Å². The summed E-state index contributed by atoms with van der Waals surface area (Å²) in [5.74, 6) is 3.34. The van der Waals surface area contributed by atoms with Crippen LogP contribution in [0.15, 0.2) is 12.2 Å². The molecule has 5 fully saturated rings. The number of hydrogen-bond donors (Lipinski definition) is 0. The number of ketones is 1. The lowest BCUT2D eigenvalue weighted by molar-refractivity contribution is -0.231. The summed E-state index contributed by atoms with van der Waals surface area (Å²) in [6.45, 7) is 18.9. The highest BCUT2D eigenvalue weighted by Crippen LogP contribution is 2.77. The van der Waals surface area contributed by atoms with E-state index in [9.17, 15) is 9.59 Å². The van der Waals surface area contributed by atoms with Crippen LogP contribution in [-0.4, -0.2) is 12.1 Å². The van der Waals surface area contributed by atoms with Crippen molar-refractivity contribution in [3.05, 3.63) is 12.2 Å². The Morgan fingerprint density at radius 1 is 0.875 bits per heavy atom. The molecule has 2 heteroatoms. The van der Waals surface area contributed by atoms with Crippen molar-refractivity contribution < 1.29 is 9.59 Å². The van der Waals surface area contributed by atoms with E-state index in [1.165, 1.54) is 44.0 Å². The molecule has 9 atom stereocenters. The summed E-state index contributed by atoms with van der Waals surface area (Å²) in [6.07, 6.45) is 12.7. The standard InChI is InChI=1S/C30H46O2/c1-19(2)20-10-15-30(18-31)17-16-28(6)21(25(20)30)8-9-23-27(5)13-12-24(32)26(3,4)22(27)11-14-29(23,28)7/h18,20-23,25H,1,8-17H2,2-7H3/t20-,21+,22+,23-,25+,27-,28-,29+,30-/m1/s1. The van der Waals surface area contributed by atoms with E-state index in [2.05, 4.69) is 48.1 Å². The number of hydrogen-bond acceptors (Lipinski definition) is 2. The molecule has 0 spiro atoms. The summed E-state index contributed by atoms with van der Waals surface area (Å²) < 4.78 is 0. The van der Waals surface area contributed by atoms with E-state index in [0.717, 1.165) is 32.1 Å². The van der Waals surface area contributed by atoms with E-state index in [1.54, 1.807) is 0 Å². The van der Waals surface area contributed by atoms with Crippen LogP contribution in [-0.2, 0) is 9.59 Å². The summed E-state index contributed by atoms with van der Waals surface area (Å²) in [5, 5.41) is 0. The highest BCUT2D eigenvalue weighted by atomic mass is 16.1. The lowest BCUT2D eigenvalue weighted by atomic mass is 9.32. The van der Waals surface area contributed by atoms with E-state index >= 15 is 0 Å². The fourth-order valence-corrected chi connectivity index (χ4v) is 11.2. The Bertz CT molecular complexity index is 855. The molecule has 0 heterocycles. The van der Waals surface area contributed by atoms with Crippen LogP contribution in [0.3, 0.4) is 0 Å². The van der Waals surface area contributed by atoms with Gasteiger partial charge in [0.15, 0.2) is 0 Å². The third kappa shape index (κ3) is 2.54. The maximum atomic E-state index is 12.9. The minimum absolute atomic E-state index is 0.0999. The average molecular weight is 439 g/mol. The molecule has 0 aromatic carbocycles. The molecule has 0 aliphatic heterocycles. The Balaban J connectivity index is 1.56. The minimum atomic E-state index is -0.179. The van der Waals surface area contributed by atoms with Gasteiger partial charge in [0.25, 0.3) is 0 Å². The van der Waals surface area contributed by atoms with Crippen molar-refractivity contribution in [1.82, 2.24) is 0 Å². The number of carbonyl (C=O) groups is 2. The summed E-state index contributed by atoms with van der Waals surface area (Å²) in [5.41, 5.74) is 1.87. The quantitative estimate of drug-likeness (QED) is 0.332. The van der Waals surface area contributed by atoms with Crippen LogP contribution in [0.25, 0.3) is 0 Å². The highest BCUT2D eigenvalue weighted by molar-refractivity contribution is 5.85. The number of allylic oxidation sites excluding steroid dienone is 1. The van der Waals surface area contributed by atoms with Gasteiger partial charge in [-0.25, -0.2) is 0 Å². The molecule has 0 saturated heterocycles. The zero-order chi connectivity index (χ0) is 23.3. The first-order valence-corrected chi connectivity index (χ1v) is 13.5. The Kier molecular flexibility index (Phi) is 4.87. The Hall–Kier alpha value is -0.920. The molecule has 5 saturated carbocycles. The van der Waals surface area contributed by atoms with Gasteiger partial charge in [-0.15, -0.1) is 0 Å². The molecule has 0 unspecified atom stereocenters. The fraction of sp³-hybridized carbons (Fsp3) is 0.867. The van der Waals surface area contributed by atoms with E-state index in [4.69, 9.17) is 0 Å². The van der Waals surface area contributed by atoms with Crippen LogP contribution in [0.2, 0.25) is 0 Å². The normalized spacial score (nSPS) is 54.1. The molecule has 0 aromatic rings. The van der Waals surface area contributed by atoms with Crippen molar-refractivity contribution in [2.45, 2.75) is 106 Å². The fourth-order valence-electron chi connectivity index (χ4n) is 11.2. The van der Waals surface area contributed by atoms with Crippen molar-refractivity contribution in [3.8, 4) is 0 Å². The molecule has 5 rings (SSSR count). The summed E-state index contributed by atoms with van der Waals surface area (Å²) in [4.78, 5) is 25.4. The van der Waals surface area contributed by atoms with Crippen LogP contribution >= 0.6 is 0 Å². The molecular weight excluding hydrogens is 392 g/mol. The van der Waals surface area contributed by atoms with E-state index < -0.39 is 0 Å². The van der Waals surface area contributed by atoms with Crippen LogP contribution in [0.1, 0.15) is 106 Å². The molecule has 32 heavy (non-hydrogen) atoms. The third-order valence-corrected chi connectivity index (χ3v) is 13.1. The lowest BCUT2D eigenvalue weighted by Gasteiger charge is -2.72. The molecule has 2 nitrogen and oxygen atoms in total. The van der Waals surface area contributed by atoms with Crippen LogP contribution in [0.4, 0.5) is 0 Å². The monoisotopic (exact) mass is 438 g/mol. The third-order valence-electron chi connectivity index (χ3n) is 13.1. The topological polar surface area (TPSA) is 34.1 Å². The first kappa shape index (κ1) is 22.9. The van der Waals surface area contributed by atoms with Gasteiger partial charge < -0.3 is 4.79 Å². The second-order valence-corrected chi connectivity index (χ2v) is 14.2. The molecule has 0 amide bonds. The first-order valence-electron chi connectivity index (χ1n) is 13.5. The van der Waals surface area contributed by atoms with Crippen molar-refractivity contribution in [3.63, 3.8) is 0 Å². The molecule has 5 aliphatic rings. The Morgan fingerprint density at radius 3 is 2.25 bits per heavy atom. The molecule has 5 aliphatic carbocycles. The summed E-state index contributed by atoms with van der Waals surface area (Å²) in [7, 11) is 0. The van der Waals surface area contributed by atoms with Gasteiger partial charge in [-0.2, -0.15) is 0 Å². The van der Waals surface area contributed by atoms with Gasteiger partial charge in [0, 0.05) is 17.3 Å². The predicted molar refractivity (Wildman–Crippen MR) is 130 cm³/mol. The molecule has 0 N–H and O–H groups in total. The highest BCUT2D eigenvalue weighted by Gasteiger charge is 2.70. The van der Waals surface area contributed by atoms with Crippen molar-refractivity contribution >= 4 is 12.1 Å². The molecule has 178 valence electrons. The van der Waals surface area contributed by atoms with Crippen molar-refractivity contribution in [2.24, 2.45) is 56.7 Å². The number of carbonyl (C=O) groups excluding carboxylic acids is 2. The van der Waals surface area contributed by atoms with Gasteiger partial charge in [0.1, 0.15) is 12.1 Å². The van der Waals surface area contributed by atoms with Gasteiger partial charge in [-0.3, -0.25) is 4.79 Å². The maximum Gasteiger partial charge on any atom is 0.138 e. The molecule has 0 bridgehead atoms. The Morgan fingerprint density at radius 2 is 1.59 bits per heavy atom. The van der Waals surface area contributed by atoms with Gasteiger partial charge >= 0.3 is 0 Å². The number of Topliss-reactive ketones (excluding diaryl/α,β-unsaturated/α-hetero) is 1. The number of rotatable bonds is 2. The van der Waals surface area contributed by atoms with Crippen molar-refractivity contribution in [1.29, 1.82) is 0 Å². The van der Waals surface area contributed by atoms with Gasteiger partial charge in [0.2, 0.25) is 0 Å². The number of fused-ring (bicyclic) bond motifs is 7. The lowest BCUT2D eigenvalue weighted by Crippen LogP contribution is -2.66. The SMILES string of the molecule is C=C(C)[C@H]1CC[C@]2(C=O)CC[C@]3(C)[C@@H](CC[C@@H]4[C@]5(C)CCC(=O)C(C)(C)[C@@H]5CC[C@@]43C)[C@H]12. The largest absolute Gasteiger partial charge is 0.303 e. The average Bonchev–Trinajstić information content (AvgIpc) is 3.12. The second-order valence-electron chi connectivity index (χ2n) is 14.2. The first-order chi connectivity index (χ1) is 14.9. The van der Waals surface area contributed by atoms with Gasteiger partial charge in [0.05, 0.1) is 0 Å². The molecule has 0 aromatic heterocycles. The zero-order valence-corrected chi connectivity index (χ0v) is 21.6. The summed E-state index contributed by atoms with van der Waals surface area (Å²) in [6, 6.07) is 0. The Labute approximate surface area is 196 Å². The summed E-state index contributed by atoms with van der Waals surface area (Å²) >= 11 is 0. The van der Waals surface area contributed by atoms with Gasteiger partial charge in [-0.05, 0) is 111 Å². The smallest absolute Gasteiger partial charge is 0.138 e. The maximum absolute atomic E-state index is 12.9. The van der Waals surface area contributed by atoms with E-state index in [-0.39, 0.29) is 21.7 Å². The predicted octanol–water partition coefficient (Wildman–Crippen LogP) is 7.41. The number of aldehydes is 1. The van der Waals surface area contributed by atoms with Crippen LogP contribution in [0.5, 0.6) is 0 Å².